The molecule has 0 spiro atoms. The number of aromatic nitrogens is 3. The molecular formula is C14H14N4O. The van der Waals surface area contributed by atoms with Crippen molar-refractivity contribution in [3.05, 3.63) is 36.0 Å². The van der Waals surface area contributed by atoms with E-state index in [4.69, 9.17) is 10.5 Å². The molecule has 0 saturated carbocycles. The van der Waals surface area contributed by atoms with E-state index in [9.17, 15) is 0 Å². The molecule has 0 atom stereocenters. The lowest BCUT2D eigenvalue weighted by Gasteiger charge is -2.02. The van der Waals surface area contributed by atoms with Gasteiger partial charge in [-0.05, 0) is 30.7 Å². The van der Waals surface area contributed by atoms with E-state index >= 15 is 0 Å². The number of nitrogens with one attached hydrogen (secondary N) is 1. The molecular weight excluding hydrogens is 240 g/mol. The van der Waals surface area contributed by atoms with Crippen molar-refractivity contribution in [1.29, 1.82) is 0 Å². The molecule has 0 radical (unpaired) electrons. The van der Waals surface area contributed by atoms with Crippen molar-refractivity contribution in [3.8, 4) is 17.1 Å². The van der Waals surface area contributed by atoms with Gasteiger partial charge in [-0.15, -0.1) is 0 Å². The normalized spacial score (nSPS) is 10.8. The molecule has 96 valence electrons. The first-order valence-corrected chi connectivity index (χ1v) is 5.93. The van der Waals surface area contributed by atoms with Gasteiger partial charge in [0.1, 0.15) is 17.4 Å². The SMILES string of the molecule is COc1ccc2nc(-c3cc(C)cnc3N)[nH]c2c1. The van der Waals surface area contributed by atoms with Crippen LogP contribution < -0.4 is 10.5 Å². The molecule has 0 bridgehead atoms. The van der Waals surface area contributed by atoms with Crippen LogP contribution in [0.5, 0.6) is 5.75 Å². The van der Waals surface area contributed by atoms with Crippen molar-refractivity contribution in [2.24, 2.45) is 0 Å². The second kappa shape index (κ2) is 4.28. The first-order valence-electron chi connectivity index (χ1n) is 5.93. The van der Waals surface area contributed by atoms with E-state index in [2.05, 4.69) is 15.0 Å². The summed E-state index contributed by atoms with van der Waals surface area (Å²) < 4.78 is 5.20. The largest absolute Gasteiger partial charge is 0.497 e. The van der Waals surface area contributed by atoms with E-state index < -0.39 is 0 Å². The zero-order valence-electron chi connectivity index (χ0n) is 10.8. The quantitative estimate of drug-likeness (QED) is 0.736. The molecule has 0 aliphatic rings. The number of benzene rings is 1. The van der Waals surface area contributed by atoms with Crippen molar-refractivity contribution in [2.45, 2.75) is 6.92 Å². The maximum Gasteiger partial charge on any atom is 0.142 e. The lowest BCUT2D eigenvalue weighted by molar-refractivity contribution is 0.415. The Morgan fingerprint density at radius 1 is 1.26 bits per heavy atom. The third-order valence-corrected chi connectivity index (χ3v) is 3.00. The zero-order valence-corrected chi connectivity index (χ0v) is 10.8. The molecule has 3 aromatic rings. The predicted octanol–water partition coefficient (Wildman–Crippen LogP) is 2.52. The third-order valence-electron chi connectivity index (χ3n) is 3.00. The van der Waals surface area contributed by atoms with Crippen LogP contribution in [0.2, 0.25) is 0 Å². The molecule has 0 fully saturated rings. The van der Waals surface area contributed by atoms with Crippen LogP contribution >= 0.6 is 0 Å². The minimum absolute atomic E-state index is 0.469. The van der Waals surface area contributed by atoms with Crippen LogP contribution in [0.1, 0.15) is 5.56 Å². The monoisotopic (exact) mass is 254 g/mol. The fourth-order valence-corrected chi connectivity index (χ4v) is 2.01. The summed E-state index contributed by atoms with van der Waals surface area (Å²) in [5.74, 6) is 1.98. The fourth-order valence-electron chi connectivity index (χ4n) is 2.01. The number of hydrogen-bond donors (Lipinski definition) is 2. The van der Waals surface area contributed by atoms with E-state index in [1.54, 1.807) is 13.3 Å². The van der Waals surface area contributed by atoms with Crippen molar-refractivity contribution in [1.82, 2.24) is 15.0 Å². The number of anilines is 1. The summed E-state index contributed by atoms with van der Waals surface area (Å²) in [6, 6.07) is 7.67. The molecule has 0 aliphatic heterocycles. The average Bonchev–Trinajstić information content (AvgIpc) is 2.83. The van der Waals surface area contributed by atoms with Crippen molar-refractivity contribution >= 4 is 16.9 Å². The predicted molar refractivity (Wildman–Crippen MR) is 75.0 cm³/mol. The highest BCUT2D eigenvalue weighted by molar-refractivity contribution is 5.82. The molecule has 3 N–H and O–H groups in total. The van der Waals surface area contributed by atoms with Gasteiger partial charge in [-0.25, -0.2) is 9.97 Å². The molecule has 0 amide bonds. The summed E-state index contributed by atoms with van der Waals surface area (Å²) in [7, 11) is 1.64. The first kappa shape index (κ1) is 11.5. The summed E-state index contributed by atoms with van der Waals surface area (Å²) in [5, 5.41) is 0. The van der Waals surface area contributed by atoms with Crippen LogP contribution in [0, 0.1) is 6.92 Å². The second-order valence-corrected chi connectivity index (χ2v) is 4.41. The van der Waals surface area contributed by atoms with Crippen LogP contribution in [0.25, 0.3) is 22.4 Å². The van der Waals surface area contributed by atoms with Crippen LogP contribution in [0.4, 0.5) is 5.82 Å². The van der Waals surface area contributed by atoms with E-state index in [1.807, 2.05) is 31.2 Å². The summed E-state index contributed by atoms with van der Waals surface area (Å²) in [5.41, 5.74) is 9.55. The number of pyridine rings is 1. The molecule has 2 aromatic heterocycles. The summed E-state index contributed by atoms with van der Waals surface area (Å²) >= 11 is 0. The molecule has 3 rings (SSSR count). The lowest BCUT2D eigenvalue weighted by atomic mass is 10.2. The minimum Gasteiger partial charge on any atom is -0.497 e. The van der Waals surface area contributed by atoms with Crippen molar-refractivity contribution < 1.29 is 4.74 Å². The van der Waals surface area contributed by atoms with Gasteiger partial charge in [-0.2, -0.15) is 0 Å². The third kappa shape index (κ3) is 1.99. The number of nitrogens with zero attached hydrogens (tertiary/aromatic N) is 2. The number of nitrogens with two attached hydrogens (primary N) is 1. The Bertz CT molecular complexity index is 748. The van der Waals surface area contributed by atoms with Gasteiger partial charge >= 0.3 is 0 Å². The molecule has 1 aromatic carbocycles. The molecule has 5 nitrogen and oxygen atoms in total. The standard InChI is InChI=1S/C14H14N4O/c1-8-5-10(13(15)16-7-8)14-17-11-4-3-9(19-2)6-12(11)18-14/h3-7H,1-2H3,(H2,15,16)(H,17,18). The van der Waals surface area contributed by atoms with Gasteiger partial charge in [0, 0.05) is 12.3 Å². The van der Waals surface area contributed by atoms with Gasteiger partial charge in [0.2, 0.25) is 0 Å². The van der Waals surface area contributed by atoms with Crippen molar-refractivity contribution in [3.63, 3.8) is 0 Å². The van der Waals surface area contributed by atoms with Crippen molar-refractivity contribution in [2.75, 3.05) is 12.8 Å². The Labute approximate surface area is 110 Å². The Kier molecular flexibility index (Phi) is 2.59. The first-order chi connectivity index (χ1) is 9.17. The molecule has 19 heavy (non-hydrogen) atoms. The number of aryl methyl sites for hydroxylation is 1. The van der Waals surface area contributed by atoms with E-state index in [0.717, 1.165) is 33.7 Å². The number of aromatic amines is 1. The highest BCUT2D eigenvalue weighted by Gasteiger charge is 2.10. The molecule has 0 saturated heterocycles. The number of H-pyrrole nitrogens is 1. The summed E-state index contributed by atoms with van der Waals surface area (Å²) in [4.78, 5) is 11.9. The molecule has 0 aliphatic carbocycles. The van der Waals surface area contributed by atoms with Crippen LogP contribution in [-0.4, -0.2) is 22.1 Å². The highest BCUT2D eigenvalue weighted by atomic mass is 16.5. The van der Waals surface area contributed by atoms with E-state index in [0.29, 0.717) is 5.82 Å². The maximum atomic E-state index is 5.90. The average molecular weight is 254 g/mol. The molecule has 5 heteroatoms. The van der Waals surface area contributed by atoms with Gasteiger partial charge in [-0.3, -0.25) is 0 Å². The Morgan fingerprint density at radius 2 is 2.11 bits per heavy atom. The van der Waals surface area contributed by atoms with E-state index in [-0.39, 0.29) is 0 Å². The Balaban J connectivity index is 2.17. The smallest absolute Gasteiger partial charge is 0.142 e. The van der Waals surface area contributed by atoms with Crippen LogP contribution in [-0.2, 0) is 0 Å². The number of fused-ring (bicyclic) bond motifs is 1. The number of hydrogen-bond acceptors (Lipinski definition) is 4. The van der Waals surface area contributed by atoms with Crippen LogP contribution in [0.3, 0.4) is 0 Å². The fraction of sp³-hybridized carbons (Fsp3) is 0.143. The zero-order chi connectivity index (χ0) is 13.4. The minimum atomic E-state index is 0.469. The van der Waals surface area contributed by atoms with Crippen LogP contribution in [0.15, 0.2) is 30.5 Å². The molecule has 0 unspecified atom stereocenters. The van der Waals surface area contributed by atoms with Gasteiger partial charge < -0.3 is 15.5 Å². The number of nitrogen functional groups attached to an aromatic ring is 1. The van der Waals surface area contributed by atoms with E-state index in [1.165, 1.54) is 0 Å². The topological polar surface area (TPSA) is 76.8 Å². The lowest BCUT2D eigenvalue weighted by Crippen LogP contribution is -1.95. The van der Waals surface area contributed by atoms with Gasteiger partial charge in [-0.1, -0.05) is 0 Å². The molecule has 2 heterocycles. The maximum absolute atomic E-state index is 5.90. The summed E-state index contributed by atoms with van der Waals surface area (Å²) in [6.07, 6.45) is 1.74. The number of methoxy groups -OCH3 is 1. The number of rotatable bonds is 2. The van der Waals surface area contributed by atoms with Gasteiger partial charge in [0.15, 0.2) is 0 Å². The second-order valence-electron chi connectivity index (χ2n) is 4.41. The number of ether oxygens (including phenoxy) is 1. The summed E-state index contributed by atoms with van der Waals surface area (Å²) in [6.45, 7) is 1.97. The van der Waals surface area contributed by atoms with Gasteiger partial charge in [0.25, 0.3) is 0 Å². The Hall–Kier alpha value is -2.56. The van der Waals surface area contributed by atoms with Gasteiger partial charge in [0.05, 0.1) is 23.7 Å². The highest BCUT2D eigenvalue weighted by Crippen LogP contribution is 2.26. The number of imidazole rings is 1. The Morgan fingerprint density at radius 3 is 2.89 bits per heavy atom.